The average molecular weight is 344 g/mol. The van der Waals surface area contributed by atoms with Crippen molar-refractivity contribution < 1.29 is 18.0 Å². The molecule has 1 amide bonds. The fraction of sp³-hybridized carbons (Fsp3) is 0.231. The third-order valence-corrected chi connectivity index (χ3v) is 3.68. The molecule has 1 heterocycles. The van der Waals surface area contributed by atoms with Crippen LogP contribution in [0.15, 0.2) is 40.4 Å². The summed E-state index contributed by atoms with van der Waals surface area (Å²) in [5.74, 6) is -0.654. The van der Waals surface area contributed by atoms with Gasteiger partial charge in [0.1, 0.15) is 6.20 Å². The van der Waals surface area contributed by atoms with Gasteiger partial charge in [0.15, 0.2) is 5.16 Å². The van der Waals surface area contributed by atoms with E-state index in [0.717, 1.165) is 24.0 Å². The second kappa shape index (κ2) is 6.82. The largest absolute Gasteiger partial charge is 0.418 e. The van der Waals surface area contributed by atoms with Gasteiger partial charge in [-0.3, -0.25) is 14.6 Å². The van der Waals surface area contributed by atoms with Gasteiger partial charge in [-0.1, -0.05) is 23.9 Å². The highest BCUT2D eigenvalue weighted by Crippen LogP contribution is 2.34. The van der Waals surface area contributed by atoms with Crippen LogP contribution in [0.4, 0.5) is 18.9 Å². The van der Waals surface area contributed by atoms with Crippen molar-refractivity contribution in [2.75, 3.05) is 5.32 Å². The molecule has 0 aliphatic rings. The van der Waals surface area contributed by atoms with Crippen LogP contribution in [-0.4, -0.2) is 26.3 Å². The summed E-state index contributed by atoms with van der Waals surface area (Å²) in [4.78, 5) is 25.5. The summed E-state index contributed by atoms with van der Waals surface area (Å²) in [6.07, 6.45) is -3.61. The normalized spacial score (nSPS) is 12.7. The zero-order valence-electron chi connectivity index (χ0n) is 11.7. The number of aromatic amines is 1. The number of hydrogen-bond acceptors (Lipinski definition) is 5. The number of amides is 1. The van der Waals surface area contributed by atoms with Gasteiger partial charge in [0, 0.05) is 0 Å². The Morgan fingerprint density at radius 3 is 2.70 bits per heavy atom. The van der Waals surface area contributed by atoms with Gasteiger partial charge in [-0.05, 0) is 19.1 Å². The second-order valence-electron chi connectivity index (χ2n) is 4.43. The van der Waals surface area contributed by atoms with E-state index in [1.807, 2.05) is 0 Å². The van der Waals surface area contributed by atoms with E-state index in [4.69, 9.17) is 0 Å². The van der Waals surface area contributed by atoms with E-state index in [9.17, 15) is 22.8 Å². The number of nitrogens with zero attached hydrogens (tertiary/aromatic N) is 2. The van der Waals surface area contributed by atoms with Gasteiger partial charge >= 0.3 is 6.18 Å². The molecule has 23 heavy (non-hydrogen) atoms. The van der Waals surface area contributed by atoms with Crippen LogP contribution in [0.3, 0.4) is 0 Å². The molecule has 1 atom stereocenters. The minimum Gasteiger partial charge on any atom is -0.325 e. The third-order valence-electron chi connectivity index (χ3n) is 2.70. The van der Waals surface area contributed by atoms with Crippen molar-refractivity contribution >= 4 is 23.4 Å². The molecule has 2 aromatic rings. The van der Waals surface area contributed by atoms with Crippen molar-refractivity contribution in [1.82, 2.24) is 15.2 Å². The number of halogens is 3. The Bertz CT molecular complexity index is 763. The number of anilines is 1. The molecule has 10 heteroatoms. The van der Waals surface area contributed by atoms with Crippen LogP contribution in [0.5, 0.6) is 0 Å². The van der Waals surface area contributed by atoms with Crippen LogP contribution in [-0.2, 0) is 11.0 Å². The van der Waals surface area contributed by atoms with Crippen LogP contribution >= 0.6 is 11.8 Å². The first kappa shape index (κ1) is 17.0. The number of alkyl halides is 3. The smallest absolute Gasteiger partial charge is 0.325 e. The Morgan fingerprint density at radius 2 is 2.04 bits per heavy atom. The van der Waals surface area contributed by atoms with E-state index in [1.54, 1.807) is 0 Å². The summed E-state index contributed by atoms with van der Waals surface area (Å²) in [7, 11) is 0. The minimum atomic E-state index is -4.57. The van der Waals surface area contributed by atoms with E-state index < -0.39 is 28.5 Å². The van der Waals surface area contributed by atoms with Gasteiger partial charge in [0.05, 0.1) is 16.5 Å². The molecule has 2 N–H and O–H groups in total. The standard InChI is InChI=1S/C13H11F3N4O2S/c1-7(23-12-19-10(21)6-17-20-12)11(22)18-9-5-3-2-4-8(9)13(14,15)16/h2-7H,1H3,(H,18,22)(H,19,20,21)/t7-/m1/s1. The highest BCUT2D eigenvalue weighted by Gasteiger charge is 2.33. The summed E-state index contributed by atoms with van der Waals surface area (Å²) in [5.41, 5.74) is -1.75. The number of nitrogens with one attached hydrogen (secondary N) is 2. The highest BCUT2D eigenvalue weighted by molar-refractivity contribution is 8.00. The van der Waals surface area contributed by atoms with Crippen molar-refractivity contribution in [3.63, 3.8) is 0 Å². The maximum atomic E-state index is 12.9. The number of para-hydroxylation sites is 1. The lowest BCUT2D eigenvalue weighted by Crippen LogP contribution is -2.25. The van der Waals surface area contributed by atoms with E-state index >= 15 is 0 Å². The average Bonchev–Trinajstić information content (AvgIpc) is 2.46. The van der Waals surface area contributed by atoms with Gasteiger partial charge in [-0.15, -0.1) is 5.10 Å². The van der Waals surface area contributed by atoms with Crippen molar-refractivity contribution in [3.05, 3.63) is 46.4 Å². The molecule has 0 unspecified atom stereocenters. The first-order valence-corrected chi connectivity index (χ1v) is 7.21. The first-order valence-electron chi connectivity index (χ1n) is 6.33. The monoisotopic (exact) mass is 344 g/mol. The number of hydrogen-bond donors (Lipinski definition) is 2. The first-order chi connectivity index (χ1) is 10.8. The molecule has 1 aromatic heterocycles. The number of thioether (sulfide) groups is 1. The summed E-state index contributed by atoms with van der Waals surface area (Å²) in [5, 5.41) is 8.60. The number of benzene rings is 1. The van der Waals surface area contributed by atoms with Crippen LogP contribution in [0.25, 0.3) is 0 Å². The van der Waals surface area contributed by atoms with Crippen molar-refractivity contribution in [2.24, 2.45) is 0 Å². The lowest BCUT2D eigenvalue weighted by Gasteiger charge is -2.15. The maximum absolute atomic E-state index is 12.9. The molecule has 0 radical (unpaired) electrons. The SMILES string of the molecule is C[C@@H](Sc1nncc(=O)[nH]1)C(=O)Nc1ccccc1C(F)(F)F. The number of aromatic nitrogens is 3. The molecule has 6 nitrogen and oxygen atoms in total. The Balaban J connectivity index is 2.12. The lowest BCUT2D eigenvalue weighted by molar-refractivity contribution is -0.137. The van der Waals surface area contributed by atoms with E-state index in [2.05, 4.69) is 20.5 Å². The Kier molecular flexibility index (Phi) is 5.04. The molecule has 0 saturated carbocycles. The summed E-state index contributed by atoms with van der Waals surface area (Å²) >= 11 is 0.876. The molecule has 122 valence electrons. The summed E-state index contributed by atoms with van der Waals surface area (Å²) < 4.78 is 38.6. The summed E-state index contributed by atoms with van der Waals surface area (Å²) in [6, 6.07) is 4.68. The quantitative estimate of drug-likeness (QED) is 0.831. The predicted molar refractivity (Wildman–Crippen MR) is 78.0 cm³/mol. The van der Waals surface area contributed by atoms with Crippen molar-refractivity contribution in [3.8, 4) is 0 Å². The zero-order chi connectivity index (χ0) is 17.0. The molecule has 2 rings (SSSR count). The zero-order valence-corrected chi connectivity index (χ0v) is 12.5. The van der Waals surface area contributed by atoms with Gasteiger partial charge < -0.3 is 5.32 Å². The highest BCUT2D eigenvalue weighted by atomic mass is 32.2. The molecule has 0 aliphatic heterocycles. The number of carbonyl (C=O) groups excluding carboxylic acids is 1. The molecule has 0 bridgehead atoms. The number of carbonyl (C=O) groups is 1. The Labute approximate surface area is 132 Å². The predicted octanol–water partition coefficient (Wildman–Crippen LogP) is 2.30. The molecular formula is C13H11F3N4O2S. The third kappa shape index (κ3) is 4.55. The van der Waals surface area contributed by atoms with E-state index in [1.165, 1.54) is 25.1 Å². The molecule has 0 saturated heterocycles. The fourth-order valence-electron chi connectivity index (χ4n) is 1.64. The molecular weight excluding hydrogens is 333 g/mol. The van der Waals surface area contributed by atoms with E-state index in [-0.39, 0.29) is 10.8 Å². The van der Waals surface area contributed by atoms with Crippen molar-refractivity contribution in [1.29, 1.82) is 0 Å². The molecule has 1 aromatic carbocycles. The number of H-pyrrole nitrogens is 1. The van der Waals surface area contributed by atoms with Crippen LogP contribution in [0.1, 0.15) is 12.5 Å². The number of rotatable bonds is 4. The molecule has 0 fully saturated rings. The lowest BCUT2D eigenvalue weighted by atomic mass is 10.1. The minimum absolute atomic E-state index is 0.101. The van der Waals surface area contributed by atoms with Gasteiger partial charge in [0.25, 0.3) is 5.56 Å². The van der Waals surface area contributed by atoms with Crippen molar-refractivity contribution in [2.45, 2.75) is 23.5 Å². The van der Waals surface area contributed by atoms with Crippen LogP contribution in [0, 0.1) is 0 Å². The summed E-state index contributed by atoms with van der Waals surface area (Å²) in [6.45, 7) is 1.48. The van der Waals surface area contributed by atoms with Gasteiger partial charge in [-0.2, -0.15) is 18.3 Å². The maximum Gasteiger partial charge on any atom is 0.418 e. The van der Waals surface area contributed by atoms with Gasteiger partial charge in [-0.25, -0.2) is 0 Å². The molecule has 0 aliphatic carbocycles. The second-order valence-corrected chi connectivity index (χ2v) is 5.76. The topological polar surface area (TPSA) is 87.7 Å². The van der Waals surface area contributed by atoms with E-state index in [0.29, 0.717) is 0 Å². The fourth-order valence-corrected chi connectivity index (χ4v) is 2.40. The van der Waals surface area contributed by atoms with Crippen LogP contribution in [0.2, 0.25) is 0 Å². The Morgan fingerprint density at radius 1 is 1.35 bits per heavy atom. The molecule has 0 spiro atoms. The van der Waals surface area contributed by atoms with Crippen LogP contribution < -0.4 is 10.9 Å². The Hall–Kier alpha value is -2.36. The van der Waals surface area contributed by atoms with Gasteiger partial charge in [0.2, 0.25) is 5.91 Å².